The molecule has 0 aliphatic rings. The summed E-state index contributed by atoms with van der Waals surface area (Å²) in [7, 11) is 0. The van der Waals surface area contributed by atoms with E-state index >= 15 is 0 Å². The lowest BCUT2D eigenvalue weighted by Gasteiger charge is -2.21. The van der Waals surface area contributed by atoms with Crippen LogP contribution < -0.4 is 10.2 Å². The van der Waals surface area contributed by atoms with Crippen LogP contribution in [0.5, 0.6) is 0 Å². The van der Waals surface area contributed by atoms with Crippen molar-refractivity contribution in [1.29, 1.82) is 5.26 Å². The van der Waals surface area contributed by atoms with E-state index in [1.165, 1.54) is 23.3 Å². The highest BCUT2D eigenvalue weighted by molar-refractivity contribution is 7.18. The topological polar surface area (TPSA) is 113 Å². The van der Waals surface area contributed by atoms with Crippen LogP contribution in [0.1, 0.15) is 26.6 Å². The third-order valence-corrected chi connectivity index (χ3v) is 5.20. The van der Waals surface area contributed by atoms with Crippen LogP contribution in [0.4, 0.5) is 10.7 Å². The van der Waals surface area contributed by atoms with E-state index in [9.17, 15) is 14.4 Å². The molecule has 0 saturated heterocycles. The van der Waals surface area contributed by atoms with E-state index in [0.29, 0.717) is 15.7 Å². The zero-order valence-corrected chi connectivity index (χ0v) is 17.6. The third-order valence-electron chi connectivity index (χ3n) is 3.98. The van der Waals surface area contributed by atoms with Crippen molar-refractivity contribution in [3.8, 4) is 6.07 Å². The number of halogens is 1. The van der Waals surface area contributed by atoms with Crippen LogP contribution in [0.25, 0.3) is 0 Å². The number of ether oxygens (including phenoxy) is 1. The molecule has 0 radical (unpaired) electrons. The highest BCUT2D eigenvalue weighted by Crippen LogP contribution is 2.24. The Morgan fingerprint density at radius 2 is 2.03 bits per heavy atom. The molecule has 2 heterocycles. The fourth-order valence-corrected chi connectivity index (χ4v) is 3.56. The molecule has 158 valence electrons. The number of anilines is 2. The van der Waals surface area contributed by atoms with Crippen LogP contribution in [0.15, 0.2) is 59.2 Å². The normalized spacial score (nSPS) is 10.2. The number of amides is 2. The molecule has 2 aromatic heterocycles. The summed E-state index contributed by atoms with van der Waals surface area (Å²) in [6, 6.07) is 14.7. The van der Waals surface area contributed by atoms with Gasteiger partial charge in [0.1, 0.15) is 4.88 Å². The van der Waals surface area contributed by atoms with Gasteiger partial charge in [-0.05, 0) is 42.5 Å². The number of hydrogen-bond donors (Lipinski definition) is 1. The smallest absolute Gasteiger partial charge is 0.348 e. The van der Waals surface area contributed by atoms with Gasteiger partial charge >= 0.3 is 5.97 Å². The number of furan rings is 1. The first-order valence-corrected chi connectivity index (χ1v) is 10.2. The lowest BCUT2D eigenvalue weighted by Crippen LogP contribution is -2.35. The molecule has 1 N–H and O–H groups in total. The average Bonchev–Trinajstić information content (AvgIpc) is 3.45. The molecular weight excluding hydrogens is 442 g/mol. The van der Waals surface area contributed by atoms with Gasteiger partial charge in [0, 0.05) is 17.3 Å². The Morgan fingerprint density at radius 1 is 1.19 bits per heavy atom. The zero-order chi connectivity index (χ0) is 22.2. The van der Waals surface area contributed by atoms with Gasteiger partial charge in [0.25, 0.3) is 11.8 Å². The minimum absolute atomic E-state index is 0.107. The predicted octanol–water partition coefficient (Wildman–Crippen LogP) is 4.35. The molecule has 0 unspecified atom stereocenters. The monoisotopic (exact) mass is 457 g/mol. The summed E-state index contributed by atoms with van der Waals surface area (Å²) < 4.78 is 10.1. The summed E-state index contributed by atoms with van der Waals surface area (Å²) >= 11 is 6.99. The van der Waals surface area contributed by atoms with Crippen molar-refractivity contribution in [3.63, 3.8) is 0 Å². The highest BCUT2D eigenvalue weighted by atomic mass is 35.5. The summed E-state index contributed by atoms with van der Waals surface area (Å²) in [5.74, 6) is -1.50. The maximum absolute atomic E-state index is 12.6. The first kappa shape index (κ1) is 22.1. The number of carbonyl (C=O) groups is 3. The van der Waals surface area contributed by atoms with Gasteiger partial charge in [-0.1, -0.05) is 17.7 Å². The van der Waals surface area contributed by atoms with E-state index in [1.807, 2.05) is 6.07 Å². The second kappa shape index (κ2) is 10.4. The Kier molecular flexibility index (Phi) is 7.43. The molecular formula is C21H16ClN3O5S. The number of thiophene rings is 1. The summed E-state index contributed by atoms with van der Waals surface area (Å²) in [6.45, 7) is -0.377. The SMILES string of the molecule is N#CCCN(C(=O)COC(=O)c1ccc(NC(=O)c2ccco2)s1)c1cccc(Cl)c1. The number of hydrogen-bond acceptors (Lipinski definition) is 7. The van der Waals surface area contributed by atoms with Crippen LogP contribution in [-0.2, 0) is 9.53 Å². The lowest BCUT2D eigenvalue weighted by atomic mass is 10.2. The van der Waals surface area contributed by atoms with Crippen molar-refractivity contribution in [2.75, 3.05) is 23.4 Å². The van der Waals surface area contributed by atoms with Crippen molar-refractivity contribution in [2.24, 2.45) is 0 Å². The van der Waals surface area contributed by atoms with Crippen molar-refractivity contribution >= 4 is 51.4 Å². The predicted molar refractivity (Wildman–Crippen MR) is 115 cm³/mol. The standard InChI is InChI=1S/C21H16ClN3O5S/c22-14-4-1-5-15(12-14)25(10-3-9-23)19(26)13-30-21(28)17-7-8-18(31-17)24-20(27)16-6-2-11-29-16/h1-2,4-8,11-12H,3,10,13H2,(H,24,27). The van der Waals surface area contributed by atoms with Gasteiger partial charge in [0.15, 0.2) is 12.4 Å². The van der Waals surface area contributed by atoms with Gasteiger partial charge in [-0.15, -0.1) is 11.3 Å². The molecule has 0 spiro atoms. The van der Waals surface area contributed by atoms with E-state index < -0.39 is 24.4 Å². The van der Waals surface area contributed by atoms with Gasteiger partial charge in [-0.3, -0.25) is 9.59 Å². The molecule has 8 nitrogen and oxygen atoms in total. The van der Waals surface area contributed by atoms with Crippen molar-refractivity contribution in [2.45, 2.75) is 6.42 Å². The molecule has 0 atom stereocenters. The molecule has 3 aromatic rings. The molecule has 0 bridgehead atoms. The number of nitriles is 1. The largest absolute Gasteiger partial charge is 0.459 e. The first-order valence-electron chi connectivity index (χ1n) is 9.02. The van der Waals surface area contributed by atoms with Gasteiger partial charge in [-0.25, -0.2) is 4.79 Å². The fourth-order valence-electron chi connectivity index (χ4n) is 2.58. The average molecular weight is 458 g/mol. The van der Waals surface area contributed by atoms with E-state index in [-0.39, 0.29) is 23.6 Å². The zero-order valence-electron chi connectivity index (χ0n) is 16.0. The van der Waals surface area contributed by atoms with Gasteiger partial charge < -0.3 is 19.4 Å². The Hall–Kier alpha value is -3.61. The molecule has 0 fully saturated rings. The van der Waals surface area contributed by atoms with E-state index in [4.69, 9.17) is 26.0 Å². The summed E-state index contributed by atoms with van der Waals surface area (Å²) in [5.41, 5.74) is 0.503. The van der Waals surface area contributed by atoms with Crippen LogP contribution in [-0.4, -0.2) is 30.9 Å². The minimum atomic E-state index is -0.705. The summed E-state index contributed by atoms with van der Waals surface area (Å²) in [6.07, 6.45) is 1.49. The van der Waals surface area contributed by atoms with Crippen molar-refractivity contribution in [3.05, 3.63) is 70.5 Å². The summed E-state index contributed by atoms with van der Waals surface area (Å²) in [4.78, 5) is 38.5. The van der Waals surface area contributed by atoms with Crippen LogP contribution in [0, 0.1) is 11.3 Å². The number of nitrogens with zero attached hydrogens (tertiary/aromatic N) is 2. The van der Waals surface area contributed by atoms with Crippen molar-refractivity contribution < 1.29 is 23.5 Å². The quantitative estimate of drug-likeness (QED) is 0.503. The second-order valence-corrected chi connectivity index (χ2v) is 7.63. The van der Waals surface area contributed by atoms with Gasteiger partial charge in [0.05, 0.1) is 23.8 Å². The molecule has 0 aliphatic heterocycles. The number of carbonyl (C=O) groups excluding carboxylic acids is 3. The second-order valence-electron chi connectivity index (χ2n) is 6.10. The fraction of sp³-hybridized carbons (Fsp3) is 0.143. The molecule has 3 rings (SSSR count). The minimum Gasteiger partial charge on any atom is -0.459 e. The maximum Gasteiger partial charge on any atom is 0.348 e. The molecule has 1 aromatic carbocycles. The van der Waals surface area contributed by atoms with Crippen molar-refractivity contribution in [1.82, 2.24) is 0 Å². The highest BCUT2D eigenvalue weighted by Gasteiger charge is 2.20. The van der Waals surface area contributed by atoms with E-state index in [2.05, 4.69) is 5.32 Å². The number of benzene rings is 1. The molecule has 0 aliphatic carbocycles. The molecule has 0 saturated carbocycles. The Bertz CT molecular complexity index is 1120. The van der Waals surface area contributed by atoms with E-state index in [1.54, 1.807) is 36.4 Å². The Morgan fingerprint density at radius 3 is 2.74 bits per heavy atom. The number of esters is 1. The van der Waals surface area contributed by atoms with Crippen LogP contribution >= 0.6 is 22.9 Å². The maximum atomic E-state index is 12.6. The van der Waals surface area contributed by atoms with E-state index in [0.717, 1.165) is 11.3 Å². The Labute approximate surface area is 186 Å². The Balaban J connectivity index is 1.60. The molecule has 10 heteroatoms. The molecule has 2 amide bonds. The first-order chi connectivity index (χ1) is 15.0. The van der Waals surface area contributed by atoms with Crippen LogP contribution in [0.3, 0.4) is 0 Å². The lowest BCUT2D eigenvalue weighted by molar-refractivity contribution is -0.121. The third kappa shape index (κ3) is 5.94. The van der Waals surface area contributed by atoms with Gasteiger partial charge in [-0.2, -0.15) is 5.26 Å². The summed E-state index contributed by atoms with van der Waals surface area (Å²) in [5, 5.41) is 12.3. The molecule has 31 heavy (non-hydrogen) atoms. The van der Waals surface area contributed by atoms with Gasteiger partial charge in [0.2, 0.25) is 0 Å². The van der Waals surface area contributed by atoms with Crippen LogP contribution in [0.2, 0.25) is 5.02 Å². The number of nitrogens with one attached hydrogen (secondary N) is 1. The number of rotatable bonds is 8.